The number of halogens is 1. The molecule has 140 valence electrons. The zero-order valence-corrected chi connectivity index (χ0v) is 17.1. The van der Waals surface area contributed by atoms with Crippen molar-refractivity contribution < 1.29 is 13.7 Å². The van der Waals surface area contributed by atoms with Crippen LogP contribution in [0.2, 0.25) is 0 Å². The normalized spacial score (nSPS) is 11.8. The number of nitrogens with one attached hydrogen (secondary N) is 1. The number of hydrogen-bond acceptors (Lipinski definition) is 4. The Morgan fingerprint density at radius 2 is 2.04 bits per heavy atom. The van der Waals surface area contributed by atoms with Crippen LogP contribution in [0.15, 0.2) is 52.0 Å². The number of ether oxygens (including phenoxy) is 1. The summed E-state index contributed by atoms with van der Waals surface area (Å²) in [6.07, 6.45) is 3.49. The highest BCUT2D eigenvalue weighted by molar-refractivity contribution is 9.10. The van der Waals surface area contributed by atoms with Gasteiger partial charge in [-0.2, -0.15) is 0 Å². The van der Waals surface area contributed by atoms with Crippen LogP contribution in [0.3, 0.4) is 0 Å². The van der Waals surface area contributed by atoms with Gasteiger partial charge in [0.05, 0.1) is 17.4 Å². The summed E-state index contributed by atoms with van der Waals surface area (Å²) in [7, 11) is -1.09. The van der Waals surface area contributed by atoms with Gasteiger partial charge in [0.15, 0.2) is 0 Å². The predicted molar refractivity (Wildman–Crippen MR) is 107 cm³/mol. The molecular weight excluding hydrogens is 416 g/mol. The van der Waals surface area contributed by atoms with Crippen molar-refractivity contribution in [1.82, 2.24) is 10.3 Å². The van der Waals surface area contributed by atoms with Crippen LogP contribution >= 0.6 is 15.9 Å². The van der Waals surface area contributed by atoms with E-state index in [2.05, 4.69) is 26.2 Å². The van der Waals surface area contributed by atoms with Crippen molar-refractivity contribution in [3.63, 3.8) is 0 Å². The second-order valence-electron chi connectivity index (χ2n) is 5.70. The molecule has 5 nitrogen and oxygen atoms in total. The van der Waals surface area contributed by atoms with Gasteiger partial charge < -0.3 is 10.1 Å². The van der Waals surface area contributed by atoms with Crippen molar-refractivity contribution in [2.45, 2.75) is 37.6 Å². The number of pyridine rings is 1. The fourth-order valence-corrected chi connectivity index (χ4v) is 3.58. The number of aromatic nitrogens is 1. The smallest absolute Gasteiger partial charge is 0.220 e. The number of carbonyl (C=O) groups is 1. The zero-order valence-electron chi connectivity index (χ0n) is 14.7. The molecule has 1 heterocycles. The first kappa shape index (κ1) is 20.6. The van der Waals surface area contributed by atoms with Crippen molar-refractivity contribution in [3.05, 3.63) is 52.6 Å². The fraction of sp³-hybridized carbons (Fsp3) is 0.368. The summed E-state index contributed by atoms with van der Waals surface area (Å²) < 4.78 is 18.7. The Balaban J connectivity index is 1.74. The highest BCUT2D eigenvalue weighted by Crippen LogP contribution is 2.15. The topological polar surface area (TPSA) is 68.3 Å². The monoisotopic (exact) mass is 438 g/mol. The number of carbonyl (C=O) groups excluding carboxylic acids is 1. The molecule has 0 aliphatic rings. The summed E-state index contributed by atoms with van der Waals surface area (Å²) in [6, 6.07) is 11.1. The van der Waals surface area contributed by atoms with E-state index in [1.165, 1.54) is 0 Å². The molecule has 2 aromatic rings. The van der Waals surface area contributed by atoms with Crippen LogP contribution in [0.25, 0.3) is 0 Å². The third-order valence-electron chi connectivity index (χ3n) is 3.58. The molecule has 0 bridgehead atoms. The van der Waals surface area contributed by atoms with Crippen LogP contribution in [0, 0.1) is 0 Å². The van der Waals surface area contributed by atoms with Gasteiger partial charge in [0.25, 0.3) is 0 Å². The van der Waals surface area contributed by atoms with E-state index in [4.69, 9.17) is 4.74 Å². The van der Waals surface area contributed by atoms with Crippen LogP contribution in [0.1, 0.15) is 31.7 Å². The van der Waals surface area contributed by atoms with Crippen LogP contribution in [0.5, 0.6) is 5.88 Å². The highest BCUT2D eigenvalue weighted by Gasteiger charge is 2.09. The van der Waals surface area contributed by atoms with Gasteiger partial charge in [-0.15, -0.1) is 0 Å². The zero-order chi connectivity index (χ0) is 18.8. The van der Waals surface area contributed by atoms with Crippen molar-refractivity contribution >= 4 is 32.6 Å². The minimum absolute atomic E-state index is 0.0666. The maximum absolute atomic E-state index is 12.2. The van der Waals surface area contributed by atoms with Gasteiger partial charge in [-0.1, -0.05) is 28.9 Å². The van der Waals surface area contributed by atoms with Gasteiger partial charge in [-0.05, 0) is 43.2 Å². The summed E-state index contributed by atoms with van der Waals surface area (Å²) >= 11 is 3.36. The van der Waals surface area contributed by atoms with Crippen molar-refractivity contribution in [1.29, 1.82) is 0 Å². The molecule has 0 fully saturated rings. The quantitative estimate of drug-likeness (QED) is 0.611. The summed E-state index contributed by atoms with van der Waals surface area (Å²) in [5.74, 6) is 0.960. The lowest BCUT2D eigenvalue weighted by molar-refractivity contribution is -0.121. The van der Waals surface area contributed by atoms with Crippen molar-refractivity contribution in [3.8, 4) is 5.88 Å². The molecule has 26 heavy (non-hydrogen) atoms. The van der Waals surface area contributed by atoms with E-state index in [0.717, 1.165) is 21.4 Å². The van der Waals surface area contributed by atoms with E-state index >= 15 is 0 Å². The van der Waals surface area contributed by atoms with E-state index in [1.54, 1.807) is 6.20 Å². The molecule has 0 saturated carbocycles. The highest BCUT2D eigenvalue weighted by atomic mass is 79.9. The van der Waals surface area contributed by atoms with Crippen LogP contribution in [0.4, 0.5) is 0 Å². The first-order valence-corrected chi connectivity index (χ1v) is 10.7. The molecule has 1 amide bonds. The maximum atomic E-state index is 12.2. The third kappa shape index (κ3) is 6.88. The molecular formula is C19H23BrN2O3S. The number of amides is 1. The maximum Gasteiger partial charge on any atom is 0.220 e. The summed E-state index contributed by atoms with van der Waals surface area (Å²) in [4.78, 5) is 17.0. The number of benzene rings is 1. The Hall–Kier alpha value is -1.73. The van der Waals surface area contributed by atoms with E-state index in [1.807, 2.05) is 43.3 Å². The molecule has 1 unspecified atom stereocenters. The average Bonchev–Trinajstić information content (AvgIpc) is 2.65. The minimum Gasteiger partial charge on any atom is -0.477 e. The van der Waals surface area contributed by atoms with Crippen molar-refractivity contribution in [2.24, 2.45) is 0 Å². The molecule has 0 aliphatic heterocycles. The van der Waals surface area contributed by atoms with Gasteiger partial charge in [0.2, 0.25) is 11.8 Å². The Morgan fingerprint density at radius 1 is 1.27 bits per heavy atom. The second-order valence-corrected chi connectivity index (χ2v) is 8.19. The molecule has 0 saturated heterocycles. The second kappa shape index (κ2) is 11.1. The summed E-state index contributed by atoms with van der Waals surface area (Å²) in [5.41, 5.74) is 0.854. The molecule has 1 atom stereocenters. The predicted octanol–water partition coefficient (Wildman–Crippen LogP) is 3.84. The fourth-order valence-electron chi connectivity index (χ4n) is 2.24. The average molecular weight is 439 g/mol. The molecule has 2 rings (SSSR count). The Kier molecular flexibility index (Phi) is 8.77. The molecule has 1 N–H and O–H groups in total. The number of rotatable bonds is 10. The van der Waals surface area contributed by atoms with E-state index in [9.17, 15) is 9.00 Å². The summed E-state index contributed by atoms with van der Waals surface area (Å²) in [6.45, 7) is 3.00. The van der Waals surface area contributed by atoms with Crippen molar-refractivity contribution in [2.75, 3.05) is 12.4 Å². The minimum atomic E-state index is -1.09. The lowest BCUT2D eigenvalue weighted by Crippen LogP contribution is -2.23. The molecule has 1 aromatic heterocycles. The lowest BCUT2D eigenvalue weighted by atomic mass is 10.2. The first-order valence-electron chi connectivity index (χ1n) is 8.57. The summed E-state index contributed by atoms with van der Waals surface area (Å²) in [5, 5.41) is 2.87. The van der Waals surface area contributed by atoms with Crippen LogP contribution in [-0.2, 0) is 22.1 Å². The number of nitrogens with zero attached hydrogens (tertiary/aromatic N) is 1. The first-order chi connectivity index (χ1) is 12.6. The van der Waals surface area contributed by atoms with Crippen LogP contribution in [-0.4, -0.2) is 27.5 Å². The molecule has 0 spiro atoms. The van der Waals surface area contributed by atoms with Gasteiger partial charge >= 0.3 is 0 Å². The van der Waals surface area contributed by atoms with Crippen LogP contribution < -0.4 is 10.1 Å². The van der Waals surface area contributed by atoms with E-state index < -0.39 is 10.8 Å². The van der Waals surface area contributed by atoms with Gasteiger partial charge in [0, 0.05) is 39.8 Å². The van der Waals surface area contributed by atoms with Gasteiger partial charge in [-0.3, -0.25) is 9.00 Å². The Bertz CT molecular complexity index is 738. The van der Waals surface area contributed by atoms with Gasteiger partial charge in [-0.25, -0.2) is 4.98 Å². The standard InChI is InChI=1S/C19H23BrN2O3S/c1-2-12-25-19-15(5-3-11-21-19)14-22-18(23)6-4-13-26(24)17-9-7-16(20)8-10-17/h3,5,7-11H,2,4,6,12-14H2,1H3,(H,22,23). The van der Waals surface area contributed by atoms with Gasteiger partial charge in [0.1, 0.15) is 0 Å². The molecule has 7 heteroatoms. The largest absolute Gasteiger partial charge is 0.477 e. The molecule has 0 aliphatic carbocycles. The lowest BCUT2D eigenvalue weighted by Gasteiger charge is -2.10. The number of hydrogen-bond donors (Lipinski definition) is 1. The van der Waals surface area contributed by atoms with E-state index in [-0.39, 0.29) is 5.91 Å². The molecule has 1 aromatic carbocycles. The SMILES string of the molecule is CCCOc1ncccc1CNC(=O)CCCS(=O)c1ccc(Br)cc1. The Labute approximate surface area is 165 Å². The van der Waals surface area contributed by atoms with E-state index in [0.29, 0.717) is 37.6 Å². The Morgan fingerprint density at radius 3 is 2.77 bits per heavy atom. The molecule has 0 radical (unpaired) electrons. The third-order valence-corrected chi connectivity index (χ3v) is 5.57.